The van der Waals surface area contributed by atoms with E-state index in [1.54, 1.807) is 54.3 Å². The number of amides is 2. The number of sulfonamides is 1. The molecule has 0 radical (unpaired) electrons. The van der Waals surface area contributed by atoms with Crippen LogP contribution in [0.2, 0.25) is 0 Å². The molecule has 164 valence electrons. The second-order valence-corrected chi connectivity index (χ2v) is 9.12. The summed E-state index contributed by atoms with van der Waals surface area (Å²) in [7, 11) is -1.92. The van der Waals surface area contributed by atoms with E-state index in [1.807, 2.05) is 0 Å². The number of hydrogen-bond acceptors (Lipinski definition) is 6. The van der Waals surface area contributed by atoms with Gasteiger partial charge in [0.2, 0.25) is 10.0 Å². The number of fused-ring (bicyclic) bond motifs is 1. The molecule has 10 nitrogen and oxygen atoms in total. The maximum atomic E-state index is 12.7. The van der Waals surface area contributed by atoms with Crippen molar-refractivity contribution >= 4 is 32.8 Å². The first-order valence-corrected chi connectivity index (χ1v) is 11.4. The lowest BCUT2D eigenvalue weighted by Crippen LogP contribution is -2.31. The van der Waals surface area contributed by atoms with Gasteiger partial charge < -0.3 is 15.4 Å². The summed E-state index contributed by atoms with van der Waals surface area (Å²) in [6.07, 6.45) is 1.77. The van der Waals surface area contributed by atoms with Gasteiger partial charge in [-0.25, -0.2) is 17.9 Å². The summed E-state index contributed by atoms with van der Waals surface area (Å²) in [5, 5.41) is 13.7. The molecular formula is C20H24N6O4S. The van der Waals surface area contributed by atoms with E-state index in [2.05, 4.69) is 20.9 Å². The second-order valence-electron chi connectivity index (χ2n) is 7.18. The summed E-state index contributed by atoms with van der Waals surface area (Å²) < 4.78 is 33.7. The zero-order chi connectivity index (χ0) is 21.8. The van der Waals surface area contributed by atoms with Crippen molar-refractivity contribution in [3.63, 3.8) is 0 Å². The molecule has 1 aliphatic heterocycles. The molecule has 0 spiro atoms. The van der Waals surface area contributed by atoms with E-state index in [0.29, 0.717) is 48.6 Å². The minimum Gasteiger partial charge on any atom is -0.497 e. The molecule has 0 saturated carbocycles. The maximum absolute atomic E-state index is 12.7. The molecule has 4 rings (SSSR count). The Kier molecular flexibility index (Phi) is 6.05. The van der Waals surface area contributed by atoms with Gasteiger partial charge >= 0.3 is 6.03 Å². The number of benzene rings is 2. The van der Waals surface area contributed by atoms with Crippen LogP contribution in [-0.2, 0) is 16.6 Å². The van der Waals surface area contributed by atoms with Gasteiger partial charge in [-0.15, -0.1) is 5.10 Å². The number of carbonyl (C=O) groups excluding carboxylic acids is 1. The van der Waals surface area contributed by atoms with E-state index in [4.69, 9.17) is 4.74 Å². The summed E-state index contributed by atoms with van der Waals surface area (Å²) >= 11 is 0. The molecular weight excluding hydrogens is 420 g/mol. The molecule has 2 N–H and O–H groups in total. The number of nitrogens with one attached hydrogen (secondary N) is 2. The Bertz CT molecular complexity index is 1170. The Hall–Kier alpha value is -3.18. The Morgan fingerprint density at radius 2 is 1.87 bits per heavy atom. The van der Waals surface area contributed by atoms with Gasteiger partial charge in [-0.1, -0.05) is 5.21 Å². The van der Waals surface area contributed by atoms with Crippen molar-refractivity contribution < 1.29 is 17.9 Å². The minimum atomic E-state index is -3.50. The third-order valence-corrected chi connectivity index (χ3v) is 7.04. The van der Waals surface area contributed by atoms with Gasteiger partial charge in [-0.2, -0.15) is 4.31 Å². The lowest BCUT2D eigenvalue weighted by Gasteiger charge is -2.15. The van der Waals surface area contributed by atoms with Crippen LogP contribution in [-0.4, -0.2) is 60.5 Å². The van der Waals surface area contributed by atoms with Crippen LogP contribution in [0.5, 0.6) is 5.75 Å². The van der Waals surface area contributed by atoms with E-state index in [9.17, 15) is 13.2 Å². The van der Waals surface area contributed by atoms with Gasteiger partial charge in [0, 0.05) is 25.3 Å². The Balaban J connectivity index is 1.36. The topological polar surface area (TPSA) is 118 Å². The number of urea groups is 1. The van der Waals surface area contributed by atoms with Gasteiger partial charge in [0.15, 0.2) is 0 Å². The number of carbonyl (C=O) groups is 1. The van der Waals surface area contributed by atoms with Crippen LogP contribution in [0.15, 0.2) is 47.4 Å². The van der Waals surface area contributed by atoms with Crippen LogP contribution in [0.4, 0.5) is 10.5 Å². The standard InChI is InChI=1S/C20H24N6O4S/c1-30-16-6-4-15(5-7-16)22-20(27)21-10-13-26-19-9-8-17(14-18(19)23-24-26)31(28,29)25-11-2-3-12-25/h4-9,14H,2-3,10-13H2,1H3,(H2,21,22,27). The van der Waals surface area contributed by atoms with Crippen LogP contribution in [0.1, 0.15) is 12.8 Å². The molecule has 2 heterocycles. The van der Waals surface area contributed by atoms with Crippen LogP contribution < -0.4 is 15.4 Å². The predicted molar refractivity (Wildman–Crippen MR) is 116 cm³/mol. The molecule has 2 amide bonds. The molecule has 1 saturated heterocycles. The first-order chi connectivity index (χ1) is 15.0. The fourth-order valence-electron chi connectivity index (χ4n) is 3.48. The highest BCUT2D eigenvalue weighted by molar-refractivity contribution is 7.89. The predicted octanol–water partition coefficient (Wildman–Crippen LogP) is 2.05. The molecule has 1 aromatic heterocycles. The monoisotopic (exact) mass is 444 g/mol. The second kappa shape index (κ2) is 8.90. The summed E-state index contributed by atoms with van der Waals surface area (Å²) in [6.45, 7) is 1.83. The number of aromatic nitrogens is 3. The Labute approximate surface area is 180 Å². The van der Waals surface area contributed by atoms with Gasteiger partial charge in [-0.3, -0.25) is 0 Å². The van der Waals surface area contributed by atoms with Gasteiger partial charge in [0.25, 0.3) is 0 Å². The quantitative estimate of drug-likeness (QED) is 0.576. The summed E-state index contributed by atoms with van der Waals surface area (Å²) in [6, 6.07) is 11.5. The number of hydrogen-bond donors (Lipinski definition) is 2. The van der Waals surface area contributed by atoms with Crippen molar-refractivity contribution in [1.82, 2.24) is 24.6 Å². The molecule has 2 aromatic carbocycles. The van der Waals surface area contributed by atoms with Crippen LogP contribution >= 0.6 is 0 Å². The van der Waals surface area contributed by atoms with Crippen LogP contribution in [0.3, 0.4) is 0 Å². The lowest BCUT2D eigenvalue weighted by molar-refractivity contribution is 0.251. The zero-order valence-electron chi connectivity index (χ0n) is 17.1. The van der Waals surface area contributed by atoms with Crippen molar-refractivity contribution in [2.24, 2.45) is 0 Å². The van der Waals surface area contributed by atoms with Crippen molar-refractivity contribution in [3.05, 3.63) is 42.5 Å². The van der Waals surface area contributed by atoms with Crippen molar-refractivity contribution in [1.29, 1.82) is 0 Å². The highest BCUT2D eigenvalue weighted by Gasteiger charge is 2.27. The Morgan fingerprint density at radius 3 is 2.58 bits per heavy atom. The fourth-order valence-corrected chi connectivity index (χ4v) is 5.02. The number of ether oxygens (including phenoxy) is 1. The van der Waals surface area contributed by atoms with Crippen LogP contribution in [0, 0.1) is 0 Å². The average Bonchev–Trinajstić information content (AvgIpc) is 3.45. The zero-order valence-corrected chi connectivity index (χ0v) is 17.9. The van der Waals surface area contributed by atoms with E-state index >= 15 is 0 Å². The molecule has 1 aliphatic rings. The maximum Gasteiger partial charge on any atom is 0.319 e. The fraction of sp³-hybridized carbons (Fsp3) is 0.350. The summed E-state index contributed by atoms with van der Waals surface area (Å²) in [5.41, 5.74) is 1.86. The van der Waals surface area contributed by atoms with E-state index in [1.165, 1.54) is 4.31 Å². The molecule has 0 bridgehead atoms. The number of nitrogens with zero attached hydrogens (tertiary/aromatic N) is 4. The van der Waals surface area contributed by atoms with Crippen molar-refractivity contribution in [2.45, 2.75) is 24.3 Å². The third kappa shape index (κ3) is 4.62. The van der Waals surface area contributed by atoms with E-state index < -0.39 is 10.0 Å². The minimum absolute atomic E-state index is 0.228. The molecule has 0 atom stereocenters. The third-order valence-electron chi connectivity index (χ3n) is 5.15. The molecule has 1 fully saturated rings. The van der Waals surface area contributed by atoms with Crippen molar-refractivity contribution in [2.75, 3.05) is 32.1 Å². The molecule has 3 aromatic rings. The van der Waals surface area contributed by atoms with E-state index in [-0.39, 0.29) is 10.9 Å². The molecule has 31 heavy (non-hydrogen) atoms. The normalized spacial score (nSPS) is 14.6. The highest BCUT2D eigenvalue weighted by atomic mass is 32.2. The smallest absolute Gasteiger partial charge is 0.319 e. The van der Waals surface area contributed by atoms with E-state index in [0.717, 1.165) is 12.8 Å². The molecule has 0 unspecified atom stereocenters. The first-order valence-electron chi connectivity index (χ1n) is 10.00. The van der Waals surface area contributed by atoms with Crippen LogP contribution in [0.25, 0.3) is 11.0 Å². The highest BCUT2D eigenvalue weighted by Crippen LogP contribution is 2.23. The average molecular weight is 445 g/mol. The molecule has 11 heteroatoms. The molecule has 0 aliphatic carbocycles. The largest absolute Gasteiger partial charge is 0.497 e. The number of methoxy groups -OCH3 is 1. The summed E-state index contributed by atoms with van der Waals surface area (Å²) in [4.78, 5) is 12.3. The van der Waals surface area contributed by atoms with Gasteiger partial charge in [-0.05, 0) is 55.3 Å². The lowest BCUT2D eigenvalue weighted by atomic mass is 10.3. The Morgan fingerprint density at radius 1 is 1.13 bits per heavy atom. The van der Waals surface area contributed by atoms with Gasteiger partial charge in [0.05, 0.1) is 24.1 Å². The SMILES string of the molecule is COc1ccc(NC(=O)NCCn2nnc3cc(S(=O)(=O)N4CCCC4)ccc32)cc1. The number of rotatable bonds is 7. The van der Waals surface area contributed by atoms with Gasteiger partial charge in [0.1, 0.15) is 11.3 Å². The first kappa shape index (κ1) is 21.1. The number of anilines is 1. The summed E-state index contributed by atoms with van der Waals surface area (Å²) in [5.74, 6) is 0.709. The van der Waals surface area contributed by atoms with Crippen molar-refractivity contribution in [3.8, 4) is 5.75 Å².